The fourth-order valence-corrected chi connectivity index (χ4v) is 4.78. The van der Waals surface area contributed by atoms with Gasteiger partial charge < -0.3 is 10.0 Å². The molecular weight excluding hydrogens is 344 g/mol. The third-order valence-corrected chi connectivity index (χ3v) is 6.47. The minimum Gasteiger partial charge on any atom is -0.481 e. The molecule has 1 saturated carbocycles. The Labute approximate surface area is 147 Å². The van der Waals surface area contributed by atoms with E-state index in [0.717, 1.165) is 6.42 Å². The summed E-state index contributed by atoms with van der Waals surface area (Å²) in [6.07, 6.45) is 3.37. The van der Waals surface area contributed by atoms with Gasteiger partial charge in [-0.25, -0.2) is 13.1 Å². The van der Waals surface area contributed by atoms with E-state index in [-0.39, 0.29) is 22.8 Å². The Hall–Kier alpha value is -1.93. The molecule has 1 aromatic carbocycles. The number of aliphatic carboxylic acids is 1. The number of amides is 1. The highest BCUT2D eigenvalue weighted by molar-refractivity contribution is 7.89. The van der Waals surface area contributed by atoms with E-state index in [1.807, 2.05) is 0 Å². The number of nitrogens with zero attached hydrogens (tertiary/aromatic N) is 1. The van der Waals surface area contributed by atoms with Crippen molar-refractivity contribution in [1.29, 1.82) is 0 Å². The van der Waals surface area contributed by atoms with Crippen molar-refractivity contribution in [1.82, 2.24) is 4.72 Å². The number of carbonyl (C=O) groups excluding carboxylic acids is 1. The number of benzene rings is 1. The number of rotatable bonds is 5. The van der Waals surface area contributed by atoms with E-state index in [2.05, 4.69) is 4.72 Å². The number of carboxylic acids is 1. The molecule has 3 rings (SSSR count). The molecule has 136 valence electrons. The summed E-state index contributed by atoms with van der Waals surface area (Å²) in [6.45, 7) is 0.663. The molecule has 25 heavy (non-hydrogen) atoms. The van der Waals surface area contributed by atoms with Crippen molar-refractivity contribution in [3.8, 4) is 0 Å². The fraction of sp³-hybridized carbons (Fsp3) is 0.529. The van der Waals surface area contributed by atoms with Gasteiger partial charge in [-0.15, -0.1) is 0 Å². The summed E-state index contributed by atoms with van der Waals surface area (Å²) in [5.41, 5.74) is 0.711. The Morgan fingerprint density at radius 1 is 1.12 bits per heavy atom. The maximum atomic E-state index is 12.5. The van der Waals surface area contributed by atoms with Crippen molar-refractivity contribution in [2.45, 2.75) is 49.5 Å². The molecule has 1 saturated heterocycles. The molecule has 0 atom stereocenters. The van der Waals surface area contributed by atoms with Gasteiger partial charge in [-0.1, -0.05) is 0 Å². The van der Waals surface area contributed by atoms with E-state index in [1.165, 1.54) is 12.1 Å². The molecule has 0 spiro atoms. The Morgan fingerprint density at radius 3 is 2.28 bits per heavy atom. The molecule has 8 heteroatoms. The highest BCUT2D eigenvalue weighted by Crippen LogP contribution is 2.27. The minimum absolute atomic E-state index is 0.0592. The third kappa shape index (κ3) is 4.01. The lowest BCUT2D eigenvalue weighted by Gasteiger charge is -2.26. The number of anilines is 1. The highest BCUT2D eigenvalue weighted by atomic mass is 32.2. The van der Waals surface area contributed by atoms with Crippen LogP contribution in [0.5, 0.6) is 0 Å². The number of carboxylic acid groups (broad SMARTS) is 1. The van der Waals surface area contributed by atoms with Crippen molar-refractivity contribution in [2.24, 2.45) is 5.92 Å². The second kappa shape index (κ2) is 7.13. The van der Waals surface area contributed by atoms with Crippen molar-refractivity contribution in [2.75, 3.05) is 11.4 Å². The van der Waals surface area contributed by atoms with Crippen molar-refractivity contribution in [3.63, 3.8) is 0 Å². The molecule has 0 bridgehead atoms. The maximum Gasteiger partial charge on any atom is 0.306 e. The summed E-state index contributed by atoms with van der Waals surface area (Å²) in [5.74, 6) is -1.13. The number of hydrogen-bond donors (Lipinski definition) is 2. The zero-order chi connectivity index (χ0) is 18.0. The van der Waals surface area contributed by atoms with Gasteiger partial charge in [-0.3, -0.25) is 9.59 Å². The lowest BCUT2D eigenvalue weighted by molar-refractivity contribution is -0.142. The first-order valence-electron chi connectivity index (χ1n) is 8.52. The summed E-state index contributed by atoms with van der Waals surface area (Å²) in [7, 11) is -3.65. The topological polar surface area (TPSA) is 104 Å². The van der Waals surface area contributed by atoms with Gasteiger partial charge in [0, 0.05) is 24.7 Å². The molecule has 2 aliphatic rings. The molecule has 0 aromatic heterocycles. The maximum absolute atomic E-state index is 12.5. The Kier molecular flexibility index (Phi) is 5.10. The largest absolute Gasteiger partial charge is 0.481 e. The van der Waals surface area contributed by atoms with Gasteiger partial charge in [-0.05, 0) is 56.4 Å². The molecule has 0 radical (unpaired) electrons. The molecule has 1 aliphatic heterocycles. The van der Waals surface area contributed by atoms with Gasteiger partial charge in [0.25, 0.3) is 0 Å². The van der Waals surface area contributed by atoms with E-state index in [0.29, 0.717) is 44.3 Å². The first kappa shape index (κ1) is 17.9. The number of carbonyl (C=O) groups is 2. The zero-order valence-electron chi connectivity index (χ0n) is 13.8. The zero-order valence-corrected chi connectivity index (χ0v) is 14.7. The Morgan fingerprint density at radius 2 is 1.76 bits per heavy atom. The van der Waals surface area contributed by atoms with Crippen molar-refractivity contribution < 1.29 is 23.1 Å². The van der Waals surface area contributed by atoms with E-state index >= 15 is 0 Å². The Balaban J connectivity index is 1.64. The molecule has 1 amide bonds. The summed E-state index contributed by atoms with van der Waals surface area (Å²) in [4.78, 5) is 24.5. The third-order valence-electron chi connectivity index (χ3n) is 4.93. The molecule has 1 aromatic rings. The second-order valence-electron chi connectivity index (χ2n) is 6.65. The van der Waals surface area contributed by atoms with E-state index in [1.54, 1.807) is 17.0 Å². The van der Waals surface area contributed by atoms with E-state index < -0.39 is 16.0 Å². The van der Waals surface area contributed by atoms with Crippen LogP contribution < -0.4 is 9.62 Å². The molecular formula is C17H22N2O5S. The van der Waals surface area contributed by atoms with Crippen LogP contribution in [0, 0.1) is 5.92 Å². The van der Waals surface area contributed by atoms with Crippen LogP contribution in [0.2, 0.25) is 0 Å². The first-order valence-corrected chi connectivity index (χ1v) is 10.0. The monoisotopic (exact) mass is 366 g/mol. The normalized spacial score (nSPS) is 24.5. The molecule has 2 N–H and O–H groups in total. The predicted octanol–water partition coefficient (Wildman–Crippen LogP) is 1.74. The van der Waals surface area contributed by atoms with Crippen LogP contribution in [0.4, 0.5) is 5.69 Å². The lowest BCUT2D eigenvalue weighted by Crippen LogP contribution is -2.38. The lowest BCUT2D eigenvalue weighted by atomic mass is 9.87. The van der Waals surface area contributed by atoms with Crippen molar-refractivity contribution in [3.05, 3.63) is 24.3 Å². The second-order valence-corrected chi connectivity index (χ2v) is 8.36. The number of nitrogens with one attached hydrogen (secondary N) is 1. The summed E-state index contributed by atoms with van der Waals surface area (Å²) in [6, 6.07) is 6.08. The molecule has 1 aliphatic carbocycles. The summed E-state index contributed by atoms with van der Waals surface area (Å²) >= 11 is 0. The van der Waals surface area contributed by atoms with Crippen LogP contribution in [-0.4, -0.2) is 38.0 Å². The summed E-state index contributed by atoms with van der Waals surface area (Å²) < 4.78 is 27.7. The van der Waals surface area contributed by atoms with Crippen LogP contribution in [0.3, 0.4) is 0 Å². The summed E-state index contributed by atoms with van der Waals surface area (Å²) in [5, 5.41) is 9.00. The quantitative estimate of drug-likeness (QED) is 0.826. The van der Waals surface area contributed by atoms with E-state index in [9.17, 15) is 18.0 Å². The SMILES string of the molecule is O=C(O)C1CCC(NS(=O)(=O)c2ccc(N3CCCC3=O)cc2)CC1. The number of sulfonamides is 1. The predicted molar refractivity (Wildman–Crippen MR) is 91.7 cm³/mol. The minimum atomic E-state index is -3.65. The van der Waals surface area contributed by atoms with Crippen LogP contribution >= 0.6 is 0 Å². The smallest absolute Gasteiger partial charge is 0.306 e. The average molecular weight is 366 g/mol. The molecule has 2 fully saturated rings. The van der Waals surface area contributed by atoms with Crippen LogP contribution in [0.1, 0.15) is 38.5 Å². The van der Waals surface area contributed by atoms with Gasteiger partial charge in [0.05, 0.1) is 10.8 Å². The van der Waals surface area contributed by atoms with Gasteiger partial charge >= 0.3 is 5.97 Å². The highest BCUT2D eigenvalue weighted by Gasteiger charge is 2.29. The molecule has 0 unspecified atom stereocenters. The fourth-order valence-electron chi connectivity index (χ4n) is 3.47. The van der Waals surface area contributed by atoms with Gasteiger partial charge in [0.15, 0.2) is 0 Å². The molecule has 7 nitrogen and oxygen atoms in total. The van der Waals surface area contributed by atoms with Gasteiger partial charge in [0.1, 0.15) is 0 Å². The first-order chi connectivity index (χ1) is 11.9. The Bertz CT molecular complexity index is 752. The standard InChI is InChI=1S/C17H22N2O5S/c20-16-2-1-11-19(16)14-7-9-15(10-8-14)25(23,24)18-13-5-3-12(4-6-13)17(21)22/h7-10,12-13,18H,1-6,11H2,(H,21,22). The van der Waals surface area contributed by atoms with Crippen LogP contribution in [-0.2, 0) is 19.6 Å². The van der Waals surface area contributed by atoms with E-state index in [4.69, 9.17) is 5.11 Å². The van der Waals surface area contributed by atoms with Crippen LogP contribution in [0.15, 0.2) is 29.2 Å². The molecule has 1 heterocycles. The van der Waals surface area contributed by atoms with Crippen molar-refractivity contribution >= 4 is 27.6 Å². The number of hydrogen-bond acceptors (Lipinski definition) is 4. The van der Waals surface area contributed by atoms with Gasteiger partial charge in [-0.2, -0.15) is 0 Å². The average Bonchev–Trinajstić information content (AvgIpc) is 3.01. The van der Waals surface area contributed by atoms with Crippen LogP contribution in [0.25, 0.3) is 0 Å². The van der Waals surface area contributed by atoms with Gasteiger partial charge in [0.2, 0.25) is 15.9 Å².